The number of nitrogens with zero attached hydrogens (tertiary/aromatic N) is 1. The molecule has 0 saturated carbocycles. The van der Waals surface area contributed by atoms with E-state index in [2.05, 4.69) is 14.8 Å². The van der Waals surface area contributed by atoms with Crippen LogP contribution in [0.4, 0.5) is 13.2 Å². The van der Waals surface area contributed by atoms with E-state index in [0.29, 0.717) is 23.0 Å². The fourth-order valence-corrected chi connectivity index (χ4v) is 3.15. The summed E-state index contributed by atoms with van der Waals surface area (Å²) in [5, 5.41) is 3.11. The average molecular weight is 420 g/mol. The van der Waals surface area contributed by atoms with E-state index in [4.69, 9.17) is 0 Å². The number of carbonyl (C=O) groups is 2. The van der Waals surface area contributed by atoms with Crippen molar-refractivity contribution < 1.29 is 32.2 Å². The van der Waals surface area contributed by atoms with Gasteiger partial charge < -0.3 is 19.4 Å². The molecule has 1 amide bonds. The molecule has 0 aliphatic carbocycles. The monoisotopic (exact) mass is 420 g/mol. The first-order valence-corrected chi connectivity index (χ1v) is 9.01. The van der Waals surface area contributed by atoms with Crippen molar-refractivity contribution in [3.8, 4) is 11.4 Å². The molecule has 9 heteroatoms. The average Bonchev–Trinajstić information content (AvgIpc) is 3.09. The minimum absolute atomic E-state index is 0.179. The molecular formula is C21H19F3N2O4. The number of fused-ring (bicyclic) bond motifs is 1. The van der Waals surface area contributed by atoms with E-state index in [1.54, 1.807) is 28.8 Å². The van der Waals surface area contributed by atoms with Gasteiger partial charge >= 0.3 is 12.3 Å². The van der Waals surface area contributed by atoms with Crippen molar-refractivity contribution in [2.45, 2.75) is 19.2 Å². The molecule has 1 N–H and O–H groups in total. The second-order valence-corrected chi connectivity index (χ2v) is 6.46. The molecule has 0 saturated heterocycles. The largest absolute Gasteiger partial charge is 0.573 e. The minimum atomic E-state index is -4.83. The van der Waals surface area contributed by atoms with Crippen LogP contribution in [0.1, 0.15) is 22.5 Å². The zero-order valence-corrected chi connectivity index (χ0v) is 16.2. The highest BCUT2D eigenvalue weighted by Gasteiger charge is 2.31. The lowest BCUT2D eigenvalue weighted by molar-refractivity contribution is -0.274. The topological polar surface area (TPSA) is 69.6 Å². The quantitative estimate of drug-likeness (QED) is 0.612. The summed E-state index contributed by atoms with van der Waals surface area (Å²) < 4.78 is 48.2. The lowest BCUT2D eigenvalue weighted by Crippen LogP contribution is -2.21. The van der Waals surface area contributed by atoms with Gasteiger partial charge in [0.25, 0.3) is 5.91 Å². The zero-order valence-electron chi connectivity index (χ0n) is 16.2. The molecule has 0 atom stereocenters. The van der Waals surface area contributed by atoms with Gasteiger partial charge in [-0.2, -0.15) is 0 Å². The number of methoxy groups -OCH3 is 1. The van der Waals surface area contributed by atoms with Crippen LogP contribution in [0.2, 0.25) is 0 Å². The Kier molecular flexibility index (Phi) is 6.00. The van der Waals surface area contributed by atoms with Gasteiger partial charge in [-0.05, 0) is 42.3 Å². The number of carbonyl (C=O) groups excluding carboxylic acids is 2. The number of hydrogen-bond acceptors (Lipinski definition) is 4. The fourth-order valence-electron chi connectivity index (χ4n) is 3.15. The van der Waals surface area contributed by atoms with Crippen molar-refractivity contribution in [2.24, 2.45) is 0 Å². The Morgan fingerprint density at radius 2 is 1.87 bits per heavy atom. The molecule has 30 heavy (non-hydrogen) atoms. The number of nitrogens with one attached hydrogen (secondary N) is 1. The van der Waals surface area contributed by atoms with E-state index in [-0.39, 0.29) is 23.8 Å². The molecule has 3 aromatic rings. The predicted molar refractivity (Wildman–Crippen MR) is 104 cm³/mol. The van der Waals surface area contributed by atoms with Crippen LogP contribution in [-0.2, 0) is 16.0 Å². The number of alkyl halides is 3. The summed E-state index contributed by atoms with van der Waals surface area (Å²) in [6.07, 6.45) is -4.24. The zero-order chi connectivity index (χ0) is 21.9. The molecule has 2 aromatic carbocycles. The van der Waals surface area contributed by atoms with Crippen molar-refractivity contribution in [1.82, 2.24) is 9.88 Å². The Morgan fingerprint density at radius 3 is 2.53 bits per heavy atom. The normalized spacial score (nSPS) is 11.4. The van der Waals surface area contributed by atoms with Crippen LogP contribution in [0.15, 0.2) is 48.5 Å². The summed E-state index contributed by atoms with van der Waals surface area (Å²) in [5.41, 5.74) is 2.00. The number of hydrogen-bond donors (Lipinski definition) is 1. The number of aromatic nitrogens is 1. The lowest BCUT2D eigenvalue weighted by atomic mass is 10.1. The van der Waals surface area contributed by atoms with E-state index in [1.165, 1.54) is 32.4 Å². The van der Waals surface area contributed by atoms with Crippen molar-refractivity contribution in [2.75, 3.05) is 14.2 Å². The Hall–Kier alpha value is -3.49. The molecule has 0 spiro atoms. The summed E-state index contributed by atoms with van der Waals surface area (Å²) in [5.74, 6) is -1.14. The number of amides is 1. The van der Waals surface area contributed by atoms with Gasteiger partial charge in [-0.15, -0.1) is 13.2 Å². The van der Waals surface area contributed by atoms with Crippen molar-refractivity contribution in [1.29, 1.82) is 0 Å². The molecule has 0 aliphatic heterocycles. The van der Waals surface area contributed by atoms with E-state index in [0.717, 1.165) is 5.56 Å². The summed E-state index contributed by atoms with van der Waals surface area (Å²) >= 11 is 0. The van der Waals surface area contributed by atoms with E-state index >= 15 is 0 Å². The molecule has 1 aromatic heterocycles. The second kappa shape index (κ2) is 8.48. The van der Waals surface area contributed by atoms with Crippen LogP contribution in [-0.4, -0.2) is 37.0 Å². The lowest BCUT2D eigenvalue weighted by Gasteiger charge is -2.13. The fraction of sp³-hybridized carbons (Fsp3) is 0.238. The van der Waals surface area contributed by atoms with Gasteiger partial charge in [-0.3, -0.25) is 9.59 Å². The summed E-state index contributed by atoms with van der Waals surface area (Å²) in [6, 6.07) is 12.5. The summed E-state index contributed by atoms with van der Waals surface area (Å²) in [6.45, 7) is 0. The second-order valence-electron chi connectivity index (χ2n) is 6.46. The van der Waals surface area contributed by atoms with Crippen LogP contribution in [0.5, 0.6) is 5.75 Å². The van der Waals surface area contributed by atoms with Crippen molar-refractivity contribution >= 4 is 22.8 Å². The third-order valence-electron chi connectivity index (χ3n) is 4.48. The van der Waals surface area contributed by atoms with Crippen molar-refractivity contribution in [3.05, 3.63) is 59.8 Å². The number of rotatable bonds is 6. The van der Waals surface area contributed by atoms with E-state index < -0.39 is 12.3 Å². The van der Waals surface area contributed by atoms with E-state index in [9.17, 15) is 22.8 Å². The smallest absolute Gasteiger partial charge is 0.469 e. The maximum absolute atomic E-state index is 12.7. The molecule has 0 unspecified atom stereocenters. The highest BCUT2D eigenvalue weighted by molar-refractivity contribution is 6.00. The van der Waals surface area contributed by atoms with Gasteiger partial charge in [-0.1, -0.05) is 12.1 Å². The number of benzene rings is 2. The first-order chi connectivity index (χ1) is 14.2. The van der Waals surface area contributed by atoms with Gasteiger partial charge in [0.2, 0.25) is 0 Å². The van der Waals surface area contributed by atoms with Crippen LogP contribution in [0.25, 0.3) is 16.6 Å². The Bertz CT molecular complexity index is 1090. The third kappa shape index (κ3) is 4.73. The molecule has 1 heterocycles. The molecule has 3 rings (SSSR count). The van der Waals surface area contributed by atoms with Crippen molar-refractivity contribution in [3.63, 3.8) is 0 Å². The SMILES string of the molecule is CNC(=O)c1cc2ccc(OC(F)(F)F)cc2n1-c1cccc(CCC(=O)OC)c1. The number of esters is 1. The van der Waals surface area contributed by atoms with E-state index in [1.807, 2.05) is 6.07 Å². The molecule has 0 bridgehead atoms. The molecule has 0 fully saturated rings. The molecule has 0 aliphatic rings. The van der Waals surface area contributed by atoms with Gasteiger partial charge in [0.15, 0.2) is 0 Å². The van der Waals surface area contributed by atoms with Crippen LogP contribution in [0, 0.1) is 0 Å². The van der Waals surface area contributed by atoms with Gasteiger partial charge in [0.1, 0.15) is 11.4 Å². The Balaban J connectivity index is 2.11. The third-order valence-corrected chi connectivity index (χ3v) is 4.48. The standard InChI is InChI=1S/C21H19F3N2O4/c1-25-20(28)18-11-14-7-8-16(30-21(22,23)24)12-17(14)26(18)15-5-3-4-13(10-15)6-9-19(27)29-2/h3-5,7-8,10-12H,6,9H2,1-2H3,(H,25,28). The number of halogens is 3. The maximum atomic E-state index is 12.7. The maximum Gasteiger partial charge on any atom is 0.573 e. The van der Waals surface area contributed by atoms with Crippen LogP contribution < -0.4 is 10.1 Å². The highest BCUT2D eigenvalue weighted by atomic mass is 19.4. The van der Waals surface area contributed by atoms with Crippen LogP contribution >= 0.6 is 0 Å². The molecule has 158 valence electrons. The molecular weight excluding hydrogens is 401 g/mol. The number of ether oxygens (including phenoxy) is 2. The summed E-state index contributed by atoms with van der Waals surface area (Å²) in [4.78, 5) is 23.8. The molecule has 6 nitrogen and oxygen atoms in total. The van der Waals surface area contributed by atoms with Gasteiger partial charge in [0.05, 0.1) is 12.6 Å². The highest BCUT2D eigenvalue weighted by Crippen LogP contribution is 2.31. The first kappa shape index (κ1) is 21.2. The van der Waals surface area contributed by atoms with Crippen LogP contribution in [0.3, 0.4) is 0 Å². The van der Waals surface area contributed by atoms with Gasteiger partial charge in [0, 0.05) is 30.6 Å². The first-order valence-electron chi connectivity index (χ1n) is 9.01. The minimum Gasteiger partial charge on any atom is -0.469 e. The number of aryl methyl sites for hydroxylation is 1. The summed E-state index contributed by atoms with van der Waals surface area (Å²) in [7, 11) is 2.77. The Morgan fingerprint density at radius 1 is 1.10 bits per heavy atom. The Labute approximate surface area is 170 Å². The van der Waals surface area contributed by atoms with Gasteiger partial charge in [-0.25, -0.2) is 0 Å². The molecule has 0 radical (unpaired) electrons. The predicted octanol–water partition coefficient (Wildman–Crippen LogP) is 3.99.